The quantitative estimate of drug-likeness (QED) is 0.224. The summed E-state index contributed by atoms with van der Waals surface area (Å²) in [5, 5.41) is 3.73. The molecule has 174 valence electrons. The SMILES string of the molecule is CCO[P+]([O-])(CCN1C=CC(=C2C=CN(Cc3ccc(C=[N+]=NC)cc3)C=C2)C=C1)OCC. The van der Waals surface area contributed by atoms with Crippen molar-refractivity contribution < 1.29 is 18.7 Å². The summed E-state index contributed by atoms with van der Waals surface area (Å²) in [6, 6.07) is 8.29. The second-order valence-electron chi connectivity index (χ2n) is 7.44. The molecular weight excluding hydrogens is 435 g/mol. The first-order valence-corrected chi connectivity index (χ1v) is 12.9. The van der Waals surface area contributed by atoms with Gasteiger partial charge in [-0.25, -0.2) is 9.05 Å². The molecule has 3 rings (SSSR count). The summed E-state index contributed by atoms with van der Waals surface area (Å²) in [5.41, 5.74) is 4.52. The van der Waals surface area contributed by atoms with Crippen molar-refractivity contribution in [2.24, 2.45) is 5.11 Å². The lowest BCUT2D eigenvalue weighted by Gasteiger charge is -2.29. The van der Waals surface area contributed by atoms with Gasteiger partial charge in [-0.1, -0.05) is 12.1 Å². The number of hydrogen-bond acceptors (Lipinski definition) is 6. The van der Waals surface area contributed by atoms with Crippen molar-refractivity contribution in [3.05, 3.63) is 95.6 Å². The number of benzene rings is 1. The number of nitrogens with zero attached hydrogens (tertiary/aromatic N) is 4. The Morgan fingerprint density at radius 2 is 1.45 bits per heavy atom. The molecule has 33 heavy (non-hydrogen) atoms. The third-order valence-electron chi connectivity index (χ3n) is 5.07. The van der Waals surface area contributed by atoms with E-state index in [9.17, 15) is 4.89 Å². The Balaban J connectivity index is 1.53. The molecular formula is C25H32N4O3P+. The summed E-state index contributed by atoms with van der Waals surface area (Å²) in [7, 11) is -1.37. The van der Waals surface area contributed by atoms with E-state index >= 15 is 0 Å². The third kappa shape index (κ3) is 7.64. The molecule has 0 radical (unpaired) electrons. The molecule has 2 aliphatic rings. The second kappa shape index (κ2) is 12.4. The number of allylic oxidation sites excluding steroid dienone is 6. The van der Waals surface area contributed by atoms with E-state index in [1.54, 1.807) is 13.3 Å². The Bertz CT molecular complexity index is 967. The summed E-state index contributed by atoms with van der Waals surface area (Å²) in [6.45, 7) is 5.78. The first-order valence-electron chi connectivity index (χ1n) is 11.1. The van der Waals surface area contributed by atoms with Crippen LogP contribution in [0.3, 0.4) is 0 Å². The molecule has 0 saturated heterocycles. The minimum Gasteiger partial charge on any atom is -0.631 e. The first-order chi connectivity index (χ1) is 16.0. The van der Waals surface area contributed by atoms with E-state index in [2.05, 4.69) is 63.6 Å². The average molecular weight is 468 g/mol. The van der Waals surface area contributed by atoms with Crippen LogP contribution in [-0.2, 0) is 15.6 Å². The normalized spacial score (nSPS) is 15.3. The van der Waals surface area contributed by atoms with Crippen molar-refractivity contribution >= 4 is 14.2 Å². The summed E-state index contributed by atoms with van der Waals surface area (Å²) in [6.07, 6.45) is 18.6. The maximum atomic E-state index is 12.6. The van der Waals surface area contributed by atoms with Crippen molar-refractivity contribution in [2.75, 3.05) is 33.0 Å². The fourth-order valence-electron chi connectivity index (χ4n) is 3.40. The minimum absolute atomic E-state index is 0.353. The van der Waals surface area contributed by atoms with Gasteiger partial charge < -0.3 is 14.7 Å². The first kappa shape index (κ1) is 24.8. The van der Waals surface area contributed by atoms with Crippen molar-refractivity contribution in [3.63, 3.8) is 0 Å². The molecule has 1 aromatic rings. The van der Waals surface area contributed by atoms with Crippen molar-refractivity contribution in [1.82, 2.24) is 9.80 Å². The molecule has 0 fully saturated rings. The molecule has 0 unspecified atom stereocenters. The fraction of sp³-hybridized carbons (Fsp3) is 0.320. The summed E-state index contributed by atoms with van der Waals surface area (Å²) in [5.74, 6) is 0. The van der Waals surface area contributed by atoms with Crippen LogP contribution in [-0.4, -0.2) is 53.8 Å². The highest BCUT2D eigenvalue weighted by atomic mass is 31.2. The molecule has 0 spiro atoms. The van der Waals surface area contributed by atoms with Crippen LogP contribution in [0.15, 0.2) is 89.6 Å². The summed E-state index contributed by atoms with van der Waals surface area (Å²) in [4.78, 5) is 20.7. The van der Waals surface area contributed by atoms with Gasteiger partial charge in [0.15, 0.2) is 0 Å². The molecule has 2 aliphatic heterocycles. The van der Waals surface area contributed by atoms with Gasteiger partial charge in [-0.05, 0) is 67.0 Å². The number of hydrogen-bond donors (Lipinski definition) is 0. The van der Waals surface area contributed by atoms with Crippen LogP contribution in [0, 0.1) is 0 Å². The predicted octanol–water partition coefficient (Wildman–Crippen LogP) is 4.07. The summed E-state index contributed by atoms with van der Waals surface area (Å²) >= 11 is 0. The predicted molar refractivity (Wildman–Crippen MR) is 131 cm³/mol. The average Bonchev–Trinajstić information content (AvgIpc) is 2.84. The van der Waals surface area contributed by atoms with E-state index in [4.69, 9.17) is 9.05 Å². The Kier molecular flexibility index (Phi) is 9.37. The standard InChI is InChI=1S/C25H32N4O3P/c1-4-31-33(30,32-5-2)19-18-28-14-10-24(11-15-28)25-12-16-29(17-13-25)21-23-8-6-22(7-9-23)20-27-26-3/h6-17,20H,4-5,18-19,21H2,1-3H3/q+1. The van der Waals surface area contributed by atoms with Crippen molar-refractivity contribution in [1.29, 1.82) is 0 Å². The molecule has 0 atom stereocenters. The van der Waals surface area contributed by atoms with Crippen LogP contribution in [0.5, 0.6) is 0 Å². The van der Waals surface area contributed by atoms with E-state index in [0.717, 1.165) is 23.3 Å². The van der Waals surface area contributed by atoms with Crippen molar-refractivity contribution in [3.8, 4) is 0 Å². The zero-order valence-electron chi connectivity index (χ0n) is 19.5. The maximum absolute atomic E-state index is 12.6. The van der Waals surface area contributed by atoms with Gasteiger partial charge in [0, 0.05) is 31.3 Å². The Morgan fingerprint density at radius 1 is 0.909 bits per heavy atom. The van der Waals surface area contributed by atoms with E-state index in [0.29, 0.717) is 25.9 Å². The lowest BCUT2D eigenvalue weighted by molar-refractivity contribution is -0.218. The van der Waals surface area contributed by atoms with Crippen LogP contribution in [0.4, 0.5) is 0 Å². The Labute approximate surface area is 197 Å². The zero-order valence-corrected chi connectivity index (χ0v) is 20.4. The van der Waals surface area contributed by atoms with Gasteiger partial charge in [-0.15, -0.1) is 0 Å². The molecule has 1 aromatic carbocycles. The van der Waals surface area contributed by atoms with Gasteiger partial charge in [-0.2, -0.15) is 0 Å². The van der Waals surface area contributed by atoms with Crippen LogP contribution >= 0.6 is 7.94 Å². The van der Waals surface area contributed by atoms with Crippen LogP contribution in [0.1, 0.15) is 25.0 Å². The smallest absolute Gasteiger partial charge is 0.337 e. The molecule has 0 amide bonds. The van der Waals surface area contributed by atoms with Crippen molar-refractivity contribution in [2.45, 2.75) is 20.4 Å². The Morgan fingerprint density at radius 3 is 1.97 bits per heavy atom. The largest absolute Gasteiger partial charge is 0.631 e. The third-order valence-corrected chi connectivity index (χ3v) is 7.12. The van der Waals surface area contributed by atoms with Gasteiger partial charge in [-0.3, -0.25) is 0 Å². The molecule has 0 bridgehead atoms. The highest BCUT2D eigenvalue weighted by molar-refractivity contribution is 7.59. The lowest BCUT2D eigenvalue weighted by Crippen LogP contribution is -2.26. The second-order valence-corrected chi connectivity index (χ2v) is 9.63. The Hall–Kier alpha value is -2.79. The lowest BCUT2D eigenvalue weighted by atomic mass is 10.0. The minimum atomic E-state index is -3.03. The van der Waals surface area contributed by atoms with Gasteiger partial charge in [0.2, 0.25) is 7.94 Å². The molecule has 0 saturated carbocycles. The molecule has 7 nitrogen and oxygen atoms in total. The fourth-order valence-corrected chi connectivity index (χ4v) is 4.99. The van der Waals surface area contributed by atoms with E-state index in [1.165, 1.54) is 5.56 Å². The van der Waals surface area contributed by atoms with E-state index in [-0.39, 0.29) is 0 Å². The number of rotatable bonds is 10. The molecule has 0 N–H and O–H groups in total. The highest BCUT2D eigenvalue weighted by Crippen LogP contribution is 2.51. The maximum Gasteiger partial charge on any atom is 0.337 e. The van der Waals surface area contributed by atoms with Gasteiger partial charge in [0.05, 0.1) is 35.2 Å². The van der Waals surface area contributed by atoms with Crippen LogP contribution in [0.25, 0.3) is 0 Å². The monoisotopic (exact) mass is 467 g/mol. The van der Waals surface area contributed by atoms with Gasteiger partial charge in [0.25, 0.3) is 0 Å². The molecule has 8 heteroatoms. The molecule has 0 aliphatic carbocycles. The topological polar surface area (TPSA) is 74.5 Å². The van der Waals surface area contributed by atoms with Gasteiger partial charge >= 0.3 is 6.21 Å². The van der Waals surface area contributed by atoms with Crippen LogP contribution < -0.4 is 4.89 Å². The highest BCUT2D eigenvalue weighted by Gasteiger charge is 2.29. The summed E-state index contributed by atoms with van der Waals surface area (Å²) < 4.78 is 10.7. The van der Waals surface area contributed by atoms with E-state index < -0.39 is 7.94 Å². The molecule has 2 heterocycles. The zero-order chi connectivity index (χ0) is 23.5. The van der Waals surface area contributed by atoms with E-state index in [1.807, 2.05) is 43.3 Å². The van der Waals surface area contributed by atoms with Gasteiger partial charge in [0.1, 0.15) is 13.2 Å². The van der Waals surface area contributed by atoms with Crippen LogP contribution in [0.2, 0.25) is 0 Å². The molecule has 0 aromatic heterocycles.